The van der Waals surface area contributed by atoms with Gasteiger partial charge in [0.05, 0.1) is 0 Å². The Kier molecular flexibility index (Phi) is 9.81. The van der Waals surface area contributed by atoms with Crippen LogP contribution in [0, 0.1) is 11.8 Å². The number of nitrogens with two attached hydrogens (primary N) is 1. The minimum absolute atomic E-state index is 0. The SMILES string of the molecule is C.CCC(=O)C(C(=O)CO)N(C)C(=O)c1ccc(C#Cc2ccc(C(C)N)cc2)cc1. The fourth-order valence-electron chi connectivity index (χ4n) is 2.92. The van der Waals surface area contributed by atoms with Crippen molar-refractivity contribution in [3.05, 3.63) is 70.8 Å². The van der Waals surface area contributed by atoms with Crippen molar-refractivity contribution in [3.8, 4) is 11.8 Å². The van der Waals surface area contributed by atoms with Gasteiger partial charge in [-0.25, -0.2) is 0 Å². The molecule has 0 aromatic heterocycles. The van der Waals surface area contributed by atoms with Crippen molar-refractivity contribution in [2.24, 2.45) is 5.73 Å². The van der Waals surface area contributed by atoms with Gasteiger partial charge in [0.15, 0.2) is 17.6 Å². The summed E-state index contributed by atoms with van der Waals surface area (Å²) < 4.78 is 0. The van der Waals surface area contributed by atoms with Gasteiger partial charge in [-0.05, 0) is 48.9 Å². The molecule has 2 atom stereocenters. The summed E-state index contributed by atoms with van der Waals surface area (Å²) in [4.78, 5) is 37.8. The highest BCUT2D eigenvalue weighted by Crippen LogP contribution is 2.12. The number of benzene rings is 2. The molecule has 0 bridgehead atoms. The van der Waals surface area contributed by atoms with Crippen LogP contribution in [0.5, 0.6) is 0 Å². The molecule has 0 aliphatic rings. The van der Waals surface area contributed by atoms with Crippen LogP contribution in [0.25, 0.3) is 0 Å². The van der Waals surface area contributed by atoms with Gasteiger partial charge in [0.25, 0.3) is 5.91 Å². The monoisotopic (exact) mass is 422 g/mol. The fraction of sp³-hybridized carbons (Fsp3) is 0.320. The van der Waals surface area contributed by atoms with Crippen LogP contribution in [0.2, 0.25) is 0 Å². The number of likely N-dealkylation sites (N-methyl/N-ethyl adjacent to an activating group) is 1. The number of amides is 1. The molecular formula is C25H30N2O4. The lowest BCUT2D eigenvalue weighted by Crippen LogP contribution is -2.48. The van der Waals surface area contributed by atoms with E-state index in [-0.39, 0.29) is 19.9 Å². The summed E-state index contributed by atoms with van der Waals surface area (Å²) in [6, 6.07) is 13.0. The van der Waals surface area contributed by atoms with Gasteiger partial charge < -0.3 is 15.7 Å². The van der Waals surface area contributed by atoms with Crippen LogP contribution in [0.1, 0.15) is 60.8 Å². The molecule has 31 heavy (non-hydrogen) atoms. The van der Waals surface area contributed by atoms with Crippen LogP contribution in [0.15, 0.2) is 48.5 Å². The average molecular weight is 423 g/mol. The molecule has 1 amide bonds. The number of ketones is 2. The molecule has 0 heterocycles. The van der Waals surface area contributed by atoms with Crippen molar-refractivity contribution >= 4 is 17.5 Å². The van der Waals surface area contributed by atoms with Gasteiger partial charge in [-0.3, -0.25) is 14.4 Å². The number of Topliss-reactive ketones (excluding diaryl/α,β-unsaturated/α-hetero) is 2. The molecule has 164 valence electrons. The summed E-state index contributed by atoms with van der Waals surface area (Å²) >= 11 is 0. The summed E-state index contributed by atoms with van der Waals surface area (Å²) in [5, 5.41) is 9.12. The van der Waals surface area contributed by atoms with E-state index in [0.29, 0.717) is 5.56 Å². The molecule has 2 aromatic carbocycles. The summed E-state index contributed by atoms with van der Waals surface area (Å²) in [5.74, 6) is 4.50. The van der Waals surface area contributed by atoms with E-state index in [9.17, 15) is 14.4 Å². The second-order valence-corrected chi connectivity index (χ2v) is 7.00. The van der Waals surface area contributed by atoms with E-state index in [4.69, 9.17) is 10.8 Å². The standard InChI is InChI=1S/C24H26N2O4.CH4/c1-4-21(28)23(22(29)15-27)26(3)24(30)20-13-9-18(10-14-20)6-5-17-7-11-19(12-8-17)16(2)25;/h7-14,16,23,27H,4,15,25H2,1-3H3;1H4. The van der Waals surface area contributed by atoms with Gasteiger partial charge >= 0.3 is 0 Å². The fourth-order valence-corrected chi connectivity index (χ4v) is 2.92. The topological polar surface area (TPSA) is 101 Å². The van der Waals surface area contributed by atoms with Crippen molar-refractivity contribution in [1.29, 1.82) is 0 Å². The Morgan fingerprint density at radius 2 is 1.45 bits per heavy atom. The normalized spacial score (nSPS) is 11.9. The zero-order valence-corrected chi connectivity index (χ0v) is 17.4. The Morgan fingerprint density at radius 3 is 1.87 bits per heavy atom. The van der Waals surface area contributed by atoms with Gasteiger partial charge in [0.2, 0.25) is 0 Å². The first-order chi connectivity index (χ1) is 14.3. The predicted octanol–water partition coefficient (Wildman–Crippen LogP) is 2.72. The van der Waals surface area contributed by atoms with E-state index in [1.54, 1.807) is 31.2 Å². The first kappa shape index (κ1) is 25.8. The number of aliphatic hydroxyl groups excluding tert-OH is 1. The Bertz CT molecular complexity index is 951. The van der Waals surface area contributed by atoms with E-state index in [1.165, 1.54) is 7.05 Å². The van der Waals surface area contributed by atoms with Crippen molar-refractivity contribution in [1.82, 2.24) is 4.90 Å². The van der Waals surface area contributed by atoms with Gasteiger partial charge in [0, 0.05) is 36.2 Å². The molecule has 0 fully saturated rings. The maximum absolute atomic E-state index is 12.7. The Balaban J connectivity index is 0.00000480. The minimum Gasteiger partial charge on any atom is -0.388 e. The van der Waals surface area contributed by atoms with Crippen LogP contribution < -0.4 is 5.73 Å². The van der Waals surface area contributed by atoms with E-state index in [0.717, 1.165) is 21.6 Å². The molecule has 0 saturated carbocycles. The van der Waals surface area contributed by atoms with Crippen molar-refractivity contribution in [3.63, 3.8) is 0 Å². The Morgan fingerprint density at radius 1 is 0.968 bits per heavy atom. The lowest BCUT2D eigenvalue weighted by Gasteiger charge is -2.25. The molecule has 3 N–H and O–H groups in total. The lowest BCUT2D eigenvalue weighted by molar-refractivity contribution is -0.134. The molecule has 6 heteroatoms. The number of aliphatic hydroxyl groups is 1. The number of hydrogen-bond donors (Lipinski definition) is 2. The maximum Gasteiger partial charge on any atom is 0.254 e. The number of carbonyl (C=O) groups is 3. The third-order valence-electron chi connectivity index (χ3n) is 4.74. The Labute approximate surface area is 184 Å². The van der Waals surface area contributed by atoms with Crippen LogP contribution in [-0.2, 0) is 9.59 Å². The van der Waals surface area contributed by atoms with E-state index in [1.807, 2.05) is 31.2 Å². The molecule has 0 saturated heterocycles. The van der Waals surface area contributed by atoms with E-state index in [2.05, 4.69) is 11.8 Å². The van der Waals surface area contributed by atoms with Crippen molar-refractivity contribution in [2.45, 2.75) is 39.8 Å². The first-order valence-corrected chi connectivity index (χ1v) is 9.69. The van der Waals surface area contributed by atoms with Crippen LogP contribution in [-0.4, -0.2) is 47.2 Å². The summed E-state index contributed by atoms with van der Waals surface area (Å²) in [5.41, 5.74) is 8.77. The second kappa shape index (κ2) is 11.8. The second-order valence-electron chi connectivity index (χ2n) is 7.00. The number of nitrogens with zero attached hydrogens (tertiary/aromatic N) is 1. The lowest BCUT2D eigenvalue weighted by atomic mass is 10.0. The molecule has 2 rings (SSSR count). The summed E-state index contributed by atoms with van der Waals surface area (Å²) in [6.45, 7) is 2.73. The number of carbonyl (C=O) groups excluding carboxylic acids is 3. The van der Waals surface area contributed by atoms with Crippen molar-refractivity contribution < 1.29 is 19.5 Å². The van der Waals surface area contributed by atoms with Crippen LogP contribution >= 0.6 is 0 Å². The third-order valence-corrected chi connectivity index (χ3v) is 4.74. The average Bonchev–Trinajstić information content (AvgIpc) is 2.77. The van der Waals surface area contributed by atoms with Gasteiger partial charge in [-0.15, -0.1) is 0 Å². The maximum atomic E-state index is 12.7. The van der Waals surface area contributed by atoms with Gasteiger partial charge in [-0.1, -0.05) is 38.3 Å². The zero-order chi connectivity index (χ0) is 22.3. The largest absolute Gasteiger partial charge is 0.388 e. The molecule has 2 aromatic rings. The van der Waals surface area contributed by atoms with E-state index >= 15 is 0 Å². The highest BCUT2D eigenvalue weighted by atomic mass is 16.3. The number of rotatable bonds is 7. The third kappa shape index (κ3) is 6.61. The zero-order valence-electron chi connectivity index (χ0n) is 17.4. The quantitative estimate of drug-likeness (QED) is 0.528. The van der Waals surface area contributed by atoms with Gasteiger partial charge in [-0.2, -0.15) is 0 Å². The molecule has 0 spiro atoms. The van der Waals surface area contributed by atoms with Crippen LogP contribution in [0.3, 0.4) is 0 Å². The molecular weight excluding hydrogens is 392 g/mol. The highest BCUT2D eigenvalue weighted by molar-refractivity contribution is 6.10. The smallest absolute Gasteiger partial charge is 0.254 e. The molecule has 6 nitrogen and oxygen atoms in total. The van der Waals surface area contributed by atoms with Crippen LogP contribution in [0.4, 0.5) is 0 Å². The minimum atomic E-state index is -1.29. The van der Waals surface area contributed by atoms with E-state index < -0.39 is 30.1 Å². The van der Waals surface area contributed by atoms with Gasteiger partial charge in [0.1, 0.15) is 6.61 Å². The molecule has 0 aliphatic carbocycles. The molecule has 0 radical (unpaired) electrons. The molecule has 2 unspecified atom stereocenters. The highest BCUT2D eigenvalue weighted by Gasteiger charge is 2.32. The first-order valence-electron chi connectivity index (χ1n) is 9.69. The predicted molar refractivity (Wildman–Crippen MR) is 121 cm³/mol. The molecule has 0 aliphatic heterocycles. The summed E-state index contributed by atoms with van der Waals surface area (Å²) in [7, 11) is 1.38. The Hall–Kier alpha value is -3.27. The summed E-state index contributed by atoms with van der Waals surface area (Å²) in [6.07, 6.45) is 0.0910. The number of hydrogen-bond acceptors (Lipinski definition) is 5. The van der Waals surface area contributed by atoms with Crippen molar-refractivity contribution in [2.75, 3.05) is 13.7 Å².